The van der Waals surface area contributed by atoms with E-state index in [4.69, 9.17) is 4.74 Å². The van der Waals surface area contributed by atoms with E-state index in [0.717, 1.165) is 40.0 Å². The second-order valence-corrected chi connectivity index (χ2v) is 5.53. The van der Waals surface area contributed by atoms with Crippen LogP contribution in [0.2, 0.25) is 0 Å². The van der Waals surface area contributed by atoms with Gasteiger partial charge in [0.05, 0.1) is 0 Å². The average Bonchev–Trinajstić information content (AvgIpc) is 2.80. The summed E-state index contributed by atoms with van der Waals surface area (Å²) in [6.45, 7) is 6.08. The predicted octanol–water partition coefficient (Wildman–Crippen LogP) is 3.86. The minimum Gasteiger partial charge on any atom is -0.490 e. The lowest BCUT2D eigenvalue weighted by molar-refractivity contribution is 0.103. The van der Waals surface area contributed by atoms with E-state index in [1.165, 1.54) is 0 Å². The van der Waals surface area contributed by atoms with Crippen LogP contribution in [-0.4, -0.2) is 11.9 Å². The van der Waals surface area contributed by atoms with Crippen molar-refractivity contribution >= 4 is 5.78 Å². The molecule has 0 aliphatic carbocycles. The topological polar surface area (TPSA) is 26.3 Å². The molecule has 0 saturated carbocycles. The Bertz CT molecular complexity index is 686. The van der Waals surface area contributed by atoms with Gasteiger partial charge in [-0.2, -0.15) is 0 Å². The molecule has 0 N–H and O–H groups in total. The smallest absolute Gasteiger partial charge is 0.193 e. The van der Waals surface area contributed by atoms with Crippen molar-refractivity contribution in [3.8, 4) is 5.75 Å². The van der Waals surface area contributed by atoms with Crippen molar-refractivity contribution in [2.75, 3.05) is 0 Å². The molecule has 102 valence electrons. The van der Waals surface area contributed by atoms with Gasteiger partial charge in [0, 0.05) is 17.5 Å². The molecule has 1 heterocycles. The van der Waals surface area contributed by atoms with Crippen LogP contribution in [-0.2, 0) is 6.42 Å². The Balaban J connectivity index is 2.00. The second-order valence-electron chi connectivity index (χ2n) is 5.53. The molecule has 1 aliphatic heterocycles. The second kappa shape index (κ2) is 4.78. The van der Waals surface area contributed by atoms with Gasteiger partial charge in [-0.15, -0.1) is 0 Å². The van der Waals surface area contributed by atoms with Crippen LogP contribution >= 0.6 is 0 Å². The highest BCUT2D eigenvalue weighted by Gasteiger charge is 2.21. The molecule has 0 aromatic heterocycles. The van der Waals surface area contributed by atoms with E-state index >= 15 is 0 Å². The van der Waals surface area contributed by atoms with Gasteiger partial charge in [-0.25, -0.2) is 0 Å². The molecule has 2 aromatic carbocycles. The number of rotatable bonds is 2. The van der Waals surface area contributed by atoms with Crippen LogP contribution in [0.3, 0.4) is 0 Å². The molecule has 3 rings (SSSR count). The summed E-state index contributed by atoms with van der Waals surface area (Å²) in [5.41, 5.74) is 4.87. The number of carbonyl (C=O) groups is 1. The summed E-state index contributed by atoms with van der Waals surface area (Å²) in [6, 6.07) is 11.6. The van der Waals surface area contributed by atoms with Crippen LogP contribution in [0.15, 0.2) is 36.4 Å². The molecule has 1 atom stereocenters. The number of aryl methyl sites for hydroxylation is 1. The summed E-state index contributed by atoms with van der Waals surface area (Å²) >= 11 is 0. The molecule has 1 unspecified atom stereocenters. The number of hydrogen-bond acceptors (Lipinski definition) is 2. The van der Waals surface area contributed by atoms with Gasteiger partial charge in [-0.1, -0.05) is 18.2 Å². The highest BCUT2D eigenvalue weighted by Crippen LogP contribution is 2.30. The molecule has 2 aromatic rings. The summed E-state index contributed by atoms with van der Waals surface area (Å²) in [7, 11) is 0. The van der Waals surface area contributed by atoms with Crippen LogP contribution in [0.5, 0.6) is 5.75 Å². The third-order valence-corrected chi connectivity index (χ3v) is 4.01. The maximum atomic E-state index is 12.7. The normalized spacial score (nSPS) is 16.6. The summed E-state index contributed by atoms with van der Waals surface area (Å²) in [4.78, 5) is 12.7. The number of benzene rings is 2. The molecule has 0 radical (unpaired) electrons. The SMILES string of the molecule is Cc1cccc(C(=O)c2ccc3c(c2)CC(C)O3)c1C. The summed E-state index contributed by atoms with van der Waals surface area (Å²) < 4.78 is 5.68. The van der Waals surface area contributed by atoms with Crippen molar-refractivity contribution in [1.29, 1.82) is 0 Å². The standard InChI is InChI=1S/C18H18O2/c1-11-5-4-6-16(13(11)3)18(19)14-7-8-17-15(10-14)9-12(2)20-17/h4-8,10,12H,9H2,1-3H3. The Morgan fingerprint density at radius 2 is 2.00 bits per heavy atom. The van der Waals surface area contributed by atoms with E-state index in [9.17, 15) is 4.79 Å². The number of ketones is 1. The molecule has 0 saturated heterocycles. The third kappa shape index (κ3) is 2.11. The zero-order valence-corrected chi connectivity index (χ0v) is 12.1. The minimum absolute atomic E-state index is 0.0913. The first kappa shape index (κ1) is 12.9. The minimum atomic E-state index is 0.0913. The number of carbonyl (C=O) groups excluding carboxylic acids is 1. The predicted molar refractivity (Wildman–Crippen MR) is 79.6 cm³/mol. The van der Waals surface area contributed by atoms with Crippen molar-refractivity contribution < 1.29 is 9.53 Å². The maximum Gasteiger partial charge on any atom is 0.193 e. The van der Waals surface area contributed by atoms with E-state index in [1.54, 1.807) is 0 Å². The fraction of sp³-hybridized carbons (Fsp3) is 0.278. The van der Waals surface area contributed by atoms with Crippen molar-refractivity contribution in [1.82, 2.24) is 0 Å². The first-order valence-corrected chi connectivity index (χ1v) is 6.97. The van der Waals surface area contributed by atoms with Crippen molar-refractivity contribution in [3.63, 3.8) is 0 Å². The summed E-state index contributed by atoms with van der Waals surface area (Å²) in [5, 5.41) is 0. The highest BCUT2D eigenvalue weighted by molar-refractivity contribution is 6.10. The quantitative estimate of drug-likeness (QED) is 0.772. The van der Waals surface area contributed by atoms with E-state index in [1.807, 2.05) is 57.2 Å². The monoisotopic (exact) mass is 266 g/mol. The van der Waals surface area contributed by atoms with E-state index < -0.39 is 0 Å². The molecule has 0 amide bonds. The van der Waals surface area contributed by atoms with Gasteiger partial charge in [0.25, 0.3) is 0 Å². The Morgan fingerprint density at radius 3 is 2.80 bits per heavy atom. The Labute approximate surface area is 119 Å². The van der Waals surface area contributed by atoms with Crippen LogP contribution in [0.25, 0.3) is 0 Å². The molecule has 0 fully saturated rings. The third-order valence-electron chi connectivity index (χ3n) is 4.01. The lowest BCUT2D eigenvalue weighted by Crippen LogP contribution is -2.05. The average molecular weight is 266 g/mol. The van der Waals surface area contributed by atoms with Crippen LogP contribution < -0.4 is 4.74 Å². The first-order chi connectivity index (χ1) is 9.56. The van der Waals surface area contributed by atoms with Crippen molar-refractivity contribution in [2.45, 2.75) is 33.3 Å². The summed E-state index contributed by atoms with van der Waals surface area (Å²) in [6.07, 6.45) is 1.08. The first-order valence-electron chi connectivity index (χ1n) is 6.97. The Morgan fingerprint density at radius 1 is 1.20 bits per heavy atom. The molecular formula is C18H18O2. The van der Waals surface area contributed by atoms with Gasteiger partial charge in [-0.3, -0.25) is 4.79 Å². The molecule has 0 bridgehead atoms. The van der Waals surface area contributed by atoms with Crippen LogP contribution in [0.1, 0.15) is 39.5 Å². The zero-order valence-electron chi connectivity index (χ0n) is 12.1. The summed E-state index contributed by atoms with van der Waals surface area (Å²) in [5.74, 6) is 1.00. The molecule has 20 heavy (non-hydrogen) atoms. The number of ether oxygens (including phenoxy) is 1. The van der Waals surface area contributed by atoms with Crippen LogP contribution in [0, 0.1) is 13.8 Å². The Kier molecular flexibility index (Phi) is 3.09. The molecule has 1 aliphatic rings. The van der Waals surface area contributed by atoms with Crippen molar-refractivity contribution in [3.05, 3.63) is 64.2 Å². The fourth-order valence-electron chi connectivity index (χ4n) is 2.72. The largest absolute Gasteiger partial charge is 0.490 e. The Hall–Kier alpha value is -2.09. The molecule has 2 heteroatoms. The highest BCUT2D eigenvalue weighted by atomic mass is 16.5. The fourth-order valence-corrected chi connectivity index (χ4v) is 2.72. The van der Waals surface area contributed by atoms with Gasteiger partial charge < -0.3 is 4.74 Å². The lowest BCUT2D eigenvalue weighted by Gasteiger charge is -2.08. The van der Waals surface area contributed by atoms with Crippen LogP contribution in [0.4, 0.5) is 0 Å². The van der Waals surface area contributed by atoms with Gasteiger partial charge in [0.15, 0.2) is 5.78 Å². The molecule has 0 spiro atoms. The lowest BCUT2D eigenvalue weighted by atomic mass is 9.95. The van der Waals surface area contributed by atoms with E-state index in [-0.39, 0.29) is 11.9 Å². The molecular weight excluding hydrogens is 248 g/mol. The van der Waals surface area contributed by atoms with E-state index in [0.29, 0.717) is 0 Å². The molecule has 2 nitrogen and oxygen atoms in total. The van der Waals surface area contributed by atoms with Gasteiger partial charge >= 0.3 is 0 Å². The van der Waals surface area contributed by atoms with Gasteiger partial charge in [0.1, 0.15) is 11.9 Å². The van der Waals surface area contributed by atoms with Crippen molar-refractivity contribution in [2.24, 2.45) is 0 Å². The maximum absolute atomic E-state index is 12.7. The van der Waals surface area contributed by atoms with Gasteiger partial charge in [-0.05, 0) is 55.7 Å². The van der Waals surface area contributed by atoms with Gasteiger partial charge in [0.2, 0.25) is 0 Å². The van der Waals surface area contributed by atoms with E-state index in [2.05, 4.69) is 0 Å². The number of fused-ring (bicyclic) bond motifs is 1. The number of hydrogen-bond donors (Lipinski definition) is 0. The zero-order chi connectivity index (χ0) is 14.3.